The Morgan fingerprint density at radius 1 is 0.636 bits per heavy atom. The molecule has 378 valence electrons. The average molecular weight is 1020 g/mol. The van der Waals surface area contributed by atoms with Gasteiger partial charge in [0.25, 0.3) is 0 Å². The molecule has 4 heteroatoms. The maximum atomic E-state index is 2.90. The standard InChI is InChI=1S/C73H67BN2S/c1-7-8-16-43-23-29-62(55(33-43)44-17-10-9-11-18-44)75-68-64-57(53-21-14-15-22-61(53)71(64,3)4)38-58-60-37-51(73(6)39-47-24-25-48(40-73)42(47)2)36-59-56-35-50(72(5)32-31-46-34-49(46)41-72)27-30-63(56)76(67(59)60)74(65(58)68)66-54-28-26-45-19-12-13-20-52(45)69(54)77-70(66)75/h9-15,17-23,26-31,33,35-38,42,47-49H,7-8,16,24-25,32,34,39-41H2,1-6H3. The number of rotatable bonds is 7. The minimum atomic E-state index is -0.268. The minimum Gasteiger partial charge on any atom is -0.375 e. The third-order valence-corrected chi connectivity index (χ3v) is 22.9. The maximum Gasteiger partial charge on any atom is 0.334 e. The average Bonchev–Trinajstić information content (AvgIpc) is 3.43. The Morgan fingerprint density at radius 2 is 1.43 bits per heavy atom. The van der Waals surface area contributed by atoms with Gasteiger partial charge in [-0.05, 0) is 212 Å². The molecule has 2 aromatic heterocycles. The zero-order valence-electron chi connectivity index (χ0n) is 45.7. The maximum absolute atomic E-state index is 2.90. The van der Waals surface area contributed by atoms with Gasteiger partial charge in [0.1, 0.15) is 0 Å². The van der Waals surface area contributed by atoms with Gasteiger partial charge in [-0.25, -0.2) is 0 Å². The van der Waals surface area contributed by atoms with Gasteiger partial charge < -0.3 is 9.38 Å². The highest BCUT2D eigenvalue weighted by Gasteiger charge is 2.52. The quantitative estimate of drug-likeness (QED) is 0.114. The summed E-state index contributed by atoms with van der Waals surface area (Å²) in [6.07, 6.45) is 15.1. The number of unbranched alkanes of at least 4 members (excludes halogenated alkanes) is 1. The molecule has 2 aliphatic heterocycles. The molecule has 10 aromatic rings. The molecule has 5 aliphatic carbocycles. The van der Waals surface area contributed by atoms with E-state index >= 15 is 0 Å². The van der Waals surface area contributed by atoms with Crippen molar-refractivity contribution in [2.45, 2.75) is 122 Å². The van der Waals surface area contributed by atoms with Crippen LogP contribution < -0.4 is 15.8 Å². The van der Waals surface area contributed by atoms with Crippen molar-refractivity contribution in [1.82, 2.24) is 4.48 Å². The van der Waals surface area contributed by atoms with Gasteiger partial charge in [0.15, 0.2) is 0 Å². The molecule has 4 unspecified atom stereocenters. The smallest absolute Gasteiger partial charge is 0.334 e. The summed E-state index contributed by atoms with van der Waals surface area (Å²) in [5.41, 5.74) is 25.7. The first-order valence-electron chi connectivity index (χ1n) is 29.6. The van der Waals surface area contributed by atoms with Gasteiger partial charge in [-0.15, -0.1) is 11.3 Å². The van der Waals surface area contributed by atoms with E-state index in [9.17, 15) is 0 Å². The van der Waals surface area contributed by atoms with Crippen LogP contribution in [0.2, 0.25) is 0 Å². The van der Waals surface area contributed by atoms with Gasteiger partial charge in [-0.2, -0.15) is 0 Å². The van der Waals surface area contributed by atoms with Crippen LogP contribution in [0.4, 0.5) is 16.4 Å². The SMILES string of the molecule is CCCCc1ccc(N2c3sc4c(ccc5ccccc54)c3B3c4c(cc5c(c42)C(C)(C)c2ccccc2-5)-c2cc(C4(C)CC5CCC(C4)C5C)cc4c5cc(C6(C)CC=C7CC7C6)ccc5n3c24)c(-c2ccccc2)c1. The fourth-order valence-corrected chi connectivity index (χ4v) is 18.9. The lowest BCUT2D eigenvalue weighted by Crippen LogP contribution is -2.57. The number of allylic oxidation sites excluding steroid dienone is 2. The molecule has 0 amide bonds. The molecule has 4 atom stereocenters. The number of aromatic nitrogens is 1. The highest BCUT2D eigenvalue weighted by atomic mass is 32.1. The largest absolute Gasteiger partial charge is 0.375 e. The monoisotopic (exact) mass is 1010 g/mol. The molecule has 0 spiro atoms. The number of aryl methyl sites for hydroxylation is 1. The van der Waals surface area contributed by atoms with E-state index in [4.69, 9.17) is 0 Å². The van der Waals surface area contributed by atoms with Crippen LogP contribution in [0, 0.1) is 23.7 Å². The molecule has 17 rings (SSSR count). The number of fused-ring (bicyclic) bond motifs is 18. The molecule has 3 saturated carbocycles. The minimum absolute atomic E-state index is 0.0524. The molecular formula is C73H67BN2S. The van der Waals surface area contributed by atoms with E-state index < -0.39 is 0 Å². The zero-order chi connectivity index (χ0) is 51.4. The molecule has 0 radical (unpaired) electrons. The molecule has 0 N–H and O–H groups in total. The summed E-state index contributed by atoms with van der Waals surface area (Å²) in [7, 11) is 0. The Bertz CT molecular complexity index is 4250. The van der Waals surface area contributed by atoms with Crippen molar-refractivity contribution >= 4 is 88.2 Å². The van der Waals surface area contributed by atoms with E-state index in [2.05, 4.69) is 203 Å². The van der Waals surface area contributed by atoms with Crippen molar-refractivity contribution in [2.24, 2.45) is 23.7 Å². The van der Waals surface area contributed by atoms with Crippen LogP contribution >= 0.6 is 11.3 Å². The van der Waals surface area contributed by atoms with Crippen LogP contribution in [0.3, 0.4) is 0 Å². The Balaban J connectivity index is 1.04. The van der Waals surface area contributed by atoms with Crippen molar-refractivity contribution in [1.29, 1.82) is 0 Å². The van der Waals surface area contributed by atoms with Crippen molar-refractivity contribution in [3.05, 3.63) is 185 Å². The summed E-state index contributed by atoms with van der Waals surface area (Å²) in [6, 6.07) is 58.5. The van der Waals surface area contributed by atoms with Crippen molar-refractivity contribution in [2.75, 3.05) is 4.90 Å². The number of thiophene rings is 1. The highest BCUT2D eigenvalue weighted by Crippen LogP contribution is 2.62. The lowest BCUT2D eigenvalue weighted by atomic mass is 9.44. The van der Waals surface area contributed by atoms with Crippen molar-refractivity contribution in [3.63, 3.8) is 0 Å². The summed E-state index contributed by atoms with van der Waals surface area (Å²) in [5, 5.41) is 8.28. The molecule has 2 bridgehead atoms. The van der Waals surface area contributed by atoms with E-state index in [-0.39, 0.29) is 23.1 Å². The normalized spacial score (nSPS) is 24.8. The second kappa shape index (κ2) is 15.8. The summed E-state index contributed by atoms with van der Waals surface area (Å²) in [6.45, 7) is 15.1. The zero-order valence-corrected chi connectivity index (χ0v) is 46.5. The van der Waals surface area contributed by atoms with Crippen LogP contribution in [-0.4, -0.2) is 11.3 Å². The lowest BCUT2D eigenvalue weighted by molar-refractivity contribution is 0.162. The van der Waals surface area contributed by atoms with E-state index in [0.29, 0.717) is 0 Å². The number of nitrogens with zero attached hydrogens (tertiary/aromatic N) is 2. The van der Waals surface area contributed by atoms with Crippen molar-refractivity contribution in [3.8, 4) is 33.4 Å². The highest BCUT2D eigenvalue weighted by molar-refractivity contribution is 7.26. The lowest BCUT2D eigenvalue weighted by Gasteiger charge is -2.44. The number of anilines is 3. The third-order valence-electron chi connectivity index (χ3n) is 21.7. The molecular weight excluding hydrogens is 948 g/mol. The van der Waals surface area contributed by atoms with Gasteiger partial charge in [0.05, 0.1) is 10.7 Å². The number of benzene rings is 8. The van der Waals surface area contributed by atoms with Gasteiger partial charge in [-0.3, -0.25) is 0 Å². The topological polar surface area (TPSA) is 8.17 Å². The molecule has 0 saturated heterocycles. The van der Waals surface area contributed by atoms with E-state index in [1.54, 1.807) is 11.1 Å². The predicted molar refractivity (Wildman–Crippen MR) is 329 cm³/mol. The Hall–Kier alpha value is -6.62. The molecule has 2 nitrogen and oxygen atoms in total. The predicted octanol–water partition coefficient (Wildman–Crippen LogP) is 18.6. The first kappa shape index (κ1) is 45.4. The van der Waals surface area contributed by atoms with Crippen LogP contribution in [0.25, 0.3) is 76.0 Å². The molecule has 77 heavy (non-hydrogen) atoms. The van der Waals surface area contributed by atoms with Crippen LogP contribution in [0.5, 0.6) is 0 Å². The molecule has 7 aliphatic rings. The summed E-state index contributed by atoms with van der Waals surface area (Å²) >= 11 is 2.03. The van der Waals surface area contributed by atoms with E-state index in [1.165, 1.54) is 177 Å². The van der Waals surface area contributed by atoms with Gasteiger partial charge >= 0.3 is 6.85 Å². The van der Waals surface area contributed by atoms with Gasteiger partial charge in [0, 0.05) is 48.7 Å². The summed E-state index contributed by atoms with van der Waals surface area (Å²) in [5.74, 6) is 3.17. The Morgan fingerprint density at radius 3 is 2.26 bits per heavy atom. The van der Waals surface area contributed by atoms with Crippen molar-refractivity contribution < 1.29 is 0 Å². The molecule has 8 aromatic carbocycles. The van der Waals surface area contributed by atoms with Gasteiger partial charge in [0.2, 0.25) is 0 Å². The van der Waals surface area contributed by atoms with Crippen LogP contribution in [0.1, 0.15) is 127 Å². The third kappa shape index (κ3) is 6.15. The van der Waals surface area contributed by atoms with Gasteiger partial charge in [-0.1, -0.05) is 163 Å². The van der Waals surface area contributed by atoms with E-state index in [0.717, 1.165) is 36.5 Å². The second-order valence-corrected chi connectivity index (χ2v) is 27.4. The van der Waals surface area contributed by atoms with Crippen LogP contribution in [-0.2, 0) is 22.7 Å². The summed E-state index contributed by atoms with van der Waals surface area (Å²) < 4.78 is 4.29. The molecule has 4 heterocycles. The first-order chi connectivity index (χ1) is 37.5. The fourth-order valence-electron chi connectivity index (χ4n) is 17.5. The first-order valence-corrected chi connectivity index (χ1v) is 30.4. The number of hydrogen-bond donors (Lipinski definition) is 0. The fraction of sp³-hybridized carbons (Fsp3) is 0.315. The van der Waals surface area contributed by atoms with E-state index in [1.807, 2.05) is 11.3 Å². The molecule has 3 fully saturated rings. The Labute approximate surface area is 459 Å². The van der Waals surface area contributed by atoms with Crippen LogP contribution in [0.15, 0.2) is 157 Å². The second-order valence-electron chi connectivity index (χ2n) is 26.4. The number of hydrogen-bond acceptors (Lipinski definition) is 2. The Kier molecular flexibility index (Phi) is 9.31. The summed E-state index contributed by atoms with van der Waals surface area (Å²) in [4.78, 5) is 2.84.